The molecule has 1 heterocycles. The summed E-state index contributed by atoms with van der Waals surface area (Å²) in [5, 5.41) is 3.46. The van der Waals surface area contributed by atoms with Gasteiger partial charge in [0.1, 0.15) is 10.4 Å². The SMILES string of the molecule is COC1CCC(Nc2ccc(Br)nc2N)CC1. The molecule has 1 fully saturated rings. The van der Waals surface area contributed by atoms with E-state index in [1.165, 1.54) is 0 Å². The van der Waals surface area contributed by atoms with Gasteiger partial charge in [-0.2, -0.15) is 0 Å². The summed E-state index contributed by atoms with van der Waals surface area (Å²) in [5.41, 5.74) is 6.79. The zero-order chi connectivity index (χ0) is 12.3. The molecule has 94 valence electrons. The molecule has 2 rings (SSSR count). The molecule has 0 aromatic carbocycles. The number of aromatic nitrogens is 1. The fraction of sp³-hybridized carbons (Fsp3) is 0.583. The first-order valence-electron chi connectivity index (χ1n) is 5.90. The molecule has 5 heteroatoms. The molecule has 17 heavy (non-hydrogen) atoms. The van der Waals surface area contributed by atoms with Gasteiger partial charge < -0.3 is 15.8 Å². The Morgan fingerprint density at radius 2 is 2.06 bits per heavy atom. The molecular weight excluding hydrogens is 282 g/mol. The zero-order valence-corrected chi connectivity index (χ0v) is 11.5. The molecule has 0 saturated heterocycles. The van der Waals surface area contributed by atoms with E-state index in [4.69, 9.17) is 10.5 Å². The molecule has 1 aromatic heterocycles. The third-order valence-electron chi connectivity index (χ3n) is 3.26. The quantitative estimate of drug-likeness (QED) is 0.843. The Bertz CT molecular complexity index is 378. The minimum absolute atomic E-state index is 0.424. The lowest BCUT2D eigenvalue weighted by atomic mass is 9.93. The third kappa shape index (κ3) is 3.33. The summed E-state index contributed by atoms with van der Waals surface area (Å²) < 4.78 is 6.13. The molecule has 1 aliphatic rings. The molecule has 0 aliphatic heterocycles. The number of nitrogens with zero attached hydrogens (tertiary/aromatic N) is 1. The van der Waals surface area contributed by atoms with Crippen molar-refractivity contribution in [1.82, 2.24) is 4.98 Å². The van der Waals surface area contributed by atoms with Crippen LogP contribution in [-0.2, 0) is 4.74 Å². The average Bonchev–Trinajstić information content (AvgIpc) is 2.34. The number of anilines is 2. The van der Waals surface area contributed by atoms with E-state index in [0.29, 0.717) is 18.0 Å². The maximum Gasteiger partial charge on any atom is 0.148 e. The fourth-order valence-corrected chi connectivity index (χ4v) is 2.56. The summed E-state index contributed by atoms with van der Waals surface area (Å²) in [6, 6.07) is 4.35. The van der Waals surface area contributed by atoms with Crippen molar-refractivity contribution in [1.29, 1.82) is 0 Å². The average molecular weight is 300 g/mol. The summed E-state index contributed by atoms with van der Waals surface area (Å²) >= 11 is 3.30. The Morgan fingerprint density at radius 3 is 2.65 bits per heavy atom. The lowest BCUT2D eigenvalue weighted by molar-refractivity contribution is 0.0682. The lowest BCUT2D eigenvalue weighted by Crippen LogP contribution is -2.29. The molecule has 0 unspecified atom stereocenters. The molecule has 0 spiro atoms. The summed E-state index contributed by atoms with van der Waals surface area (Å²) in [7, 11) is 1.79. The number of nitrogens with two attached hydrogens (primary N) is 1. The molecular formula is C12H18BrN3O. The summed E-state index contributed by atoms with van der Waals surface area (Å²) in [5.74, 6) is 0.549. The number of ether oxygens (including phenoxy) is 1. The first-order chi connectivity index (χ1) is 8.19. The highest BCUT2D eigenvalue weighted by molar-refractivity contribution is 9.10. The van der Waals surface area contributed by atoms with E-state index in [1.54, 1.807) is 7.11 Å². The molecule has 1 aliphatic carbocycles. The van der Waals surface area contributed by atoms with Gasteiger partial charge in [-0.15, -0.1) is 0 Å². The second-order valence-corrected chi connectivity index (χ2v) is 5.23. The summed E-state index contributed by atoms with van der Waals surface area (Å²) in [4.78, 5) is 4.18. The van der Waals surface area contributed by atoms with Gasteiger partial charge in [0.25, 0.3) is 0 Å². The maximum absolute atomic E-state index is 5.86. The second kappa shape index (κ2) is 5.69. The normalized spacial score (nSPS) is 24.6. The van der Waals surface area contributed by atoms with E-state index in [-0.39, 0.29) is 0 Å². The predicted octanol–water partition coefficient (Wildman–Crippen LogP) is 2.80. The number of halogens is 1. The molecule has 3 N–H and O–H groups in total. The molecule has 0 amide bonds. The van der Waals surface area contributed by atoms with Gasteiger partial charge in [0.2, 0.25) is 0 Å². The molecule has 4 nitrogen and oxygen atoms in total. The monoisotopic (exact) mass is 299 g/mol. The van der Waals surface area contributed by atoms with Crippen molar-refractivity contribution in [3.8, 4) is 0 Å². The topological polar surface area (TPSA) is 60.2 Å². The van der Waals surface area contributed by atoms with E-state index in [1.807, 2.05) is 12.1 Å². The van der Waals surface area contributed by atoms with Crippen molar-refractivity contribution in [2.75, 3.05) is 18.2 Å². The van der Waals surface area contributed by atoms with Crippen molar-refractivity contribution >= 4 is 27.4 Å². The van der Waals surface area contributed by atoms with Crippen LogP contribution >= 0.6 is 15.9 Å². The number of pyridine rings is 1. The molecule has 0 atom stereocenters. The Hall–Kier alpha value is -0.810. The molecule has 1 saturated carbocycles. The molecule has 0 bridgehead atoms. The van der Waals surface area contributed by atoms with Crippen LogP contribution in [0.4, 0.5) is 11.5 Å². The Balaban J connectivity index is 1.93. The highest BCUT2D eigenvalue weighted by Gasteiger charge is 2.21. The largest absolute Gasteiger partial charge is 0.382 e. The second-order valence-electron chi connectivity index (χ2n) is 4.42. The van der Waals surface area contributed by atoms with Crippen molar-refractivity contribution in [3.05, 3.63) is 16.7 Å². The van der Waals surface area contributed by atoms with Crippen LogP contribution in [0.25, 0.3) is 0 Å². The van der Waals surface area contributed by atoms with Gasteiger partial charge in [0.15, 0.2) is 0 Å². The number of hydrogen-bond donors (Lipinski definition) is 2. The van der Waals surface area contributed by atoms with E-state index >= 15 is 0 Å². The van der Waals surface area contributed by atoms with Gasteiger partial charge in [0, 0.05) is 13.2 Å². The van der Waals surface area contributed by atoms with Crippen molar-refractivity contribution in [2.45, 2.75) is 37.8 Å². The standard InChI is InChI=1S/C12H18BrN3O/c1-17-9-4-2-8(3-5-9)15-10-6-7-11(13)16-12(10)14/h6-9,15H,2-5H2,1H3,(H2,14,16). The van der Waals surface area contributed by atoms with Gasteiger partial charge in [-0.05, 0) is 53.7 Å². The molecule has 1 aromatic rings. The van der Waals surface area contributed by atoms with Crippen molar-refractivity contribution in [2.24, 2.45) is 0 Å². The van der Waals surface area contributed by atoms with Crippen LogP contribution < -0.4 is 11.1 Å². The van der Waals surface area contributed by atoms with Crippen LogP contribution in [0.3, 0.4) is 0 Å². The van der Waals surface area contributed by atoms with Crippen LogP contribution in [0.1, 0.15) is 25.7 Å². The first-order valence-corrected chi connectivity index (χ1v) is 6.69. The predicted molar refractivity (Wildman–Crippen MR) is 73.0 cm³/mol. The van der Waals surface area contributed by atoms with E-state index in [9.17, 15) is 0 Å². The maximum atomic E-state index is 5.86. The highest BCUT2D eigenvalue weighted by atomic mass is 79.9. The molecule has 0 radical (unpaired) electrons. The third-order valence-corrected chi connectivity index (χ3v) is 3.70. The van der Waals surface area contributed by atoms with Gasteiger partial charge >= 0.3 is 0 Å². The lowest BCUT2D eigenvalue weighted by Gasteiger charge is -2.29. The summed E-state index contributed by atoms with van der Waals surface area (Å²) in [6.07, 6.45) is 4.88. The van der Waals surface area contributed by atoms with Crippen LogP contribution in [0.15, 0.2) is 16.7 Å². The summed E-state index contributed by atoms with van der Waals surface area (Å²) in [6.45, 7) is 0. The Labute approximate surface area is 110 Å². The van der Waals surface area contributed by atoms with Gasteiger partial charge in [0.05, 0.1) is 11.8 Å². The van der Waals surface area contributed by atoms with Crippen molar-refractivity contribution in [3.63, 3.8) is 0 Å². The smallest absolute Gasteiger partial charge is 0.148 e. The minimum atomic E-state index is 0.424. The van der Waals surface area contributed by atoms with Gasteiger partial charge in [-0.25, -0.2) is 4.98 Å². The van der Waals surface area contributed by atoms with Crippen LogP contribution in [0, 0.1) is 0 Å². The van der Waals surface area contributed by atoms with Crippen molar-refractivity contribution < 1.29 is 4.74 Å². The Kier molecular flexibility index (Phi) is 4.23. The van der Waals surface area contributed by atoms with E-state index < -0.39 is 0 Å². The van der Waals surface area contributed by atoms with Gasteiger partial charge in [-0.1, -0.05) is 0 Å². The fourth-order valence-electron chi connectivity index (χ4n) is 2.23. The first kappa shape index (κ1) is 12.6. The number of nitrogen functional groups attached to an aromatic ring is 1. The number of rotatable bonds is 3. The van der Waals surface area contributed by atoms with E-state index in [2.05, 4.69) is 26.2 Å². The number of hydrogen-bond acceptors (Lipinski definition) is 4. The number of methoxy groups -OCH3 is 1. The minimum Gasteiger partial charge on any atom is -0.382 e. The van der Waals surface area contributed by atoms with Crippen LogP contribution in [-0.4, -0.2) is 24.2 Å². The zero-order valence-electron chi connectivity index (χ0n) is 9.95. The van der Waals surface area contributed by atoms with E-state index in [0.717, 1.165) is 36.0 Å². The van der Waals surface area contributed by atoms with Gasteiger partial charge in [-0.3, -0.25) is 0 Å². The Morgan fingerprint density at radius 1 is 1.35 bits per heavy atom. The van der Waals surface area contributed by atoms with Crippen LogP contribution in [0.2, 0.25) is 0 Å². The van der Waals surface area contributed by atoms with Crippen LogP contribution in [0.5, 0.6) is 0 Å². The number of nitrogens with one attached hydrogen (secondary N) is 1. The highest BCUT2D eigenvalue weighted by Crippen LogP contribution is 2.26.